The third-order valence-corrected chi connectivity index (χ3v) is 12.7. The molecule has 11 aromatic rings. The van der Waals surface area contributed by atoms with Crippen LogP contribution in [0.5, 0.6) is 11.5 Å². The minimum atomic E-state index is 0.820. The molecule has 0 saturated heterocycles. The molecule has 2 nitrogen and oxygen atoms in total. The van der Waals surface area contributed by atoms with Crippen molar-refractivity contribution in [1.29, 1.82) is 0 Å². The highest BCUT2D eigenvalue weighted by atomic mass is 16.5. The van der Waals surface area contributed by atoms with Crippen LogP contribution in [0.15, 0.2) is 249 Å². The van der Waals surface area contributed by atoms with Crippen LogP contribution in [0.25, 0.3) is 88.3 Å². The SMILES string of the molecule is c1ccc(-c2ccc(-c3ccc(N(c4ccc(-c5ccccc5)cc4)c4ccc5c(c4)-c4cc6ccccc6cc4-c4cccc(-c6cccc7ccccc67)c4O5)cc3)cc2)cc1. The number of hydrogen-bond acceptors (Lipinski definition) is 2. The summed E-state index contributed by atoms with van der Waals surface area (Å²) in [6, 6.07) is 89.5. The molecule has 0 aromatic heterocycles. The van der Waals surface area contributed by atoms with Crippen LogP contribution in [0.2, 0.25) is 0 Å². The first kappa shape index (κ1) is 37.3. The lowest BCUT2D eigenvalue weighted by atomic mass is 9.89. The van der Waals surface area contributed by atoms with Crippen molar-refractivity contribution in [1.82, 2.24) is 0 Å². The number of para-hydroxylation sites is 1. The number of ether oxygens (including phenoxy) is 1. The number of rotatable bonds is 7. The van der Waals surface area contributed by atoms with Crippen molar-refractivity contribution in [2.45, 2.75) is 0 Å². The van der Waals surface area contributed by atoms with E-state index in [4.69, 9.17) is 4.74 Å². The van der Waals surface area contributed by atoms with Gasteiger partial charge in [0.15, 0.2) is 0 Å². The van der Waals surface area contributed by atoms with Crippen LogP contribution in [-0.4, -0.2) is 0 Å². The molecular weight excluding hydrogens is 775 g/mol. The summed E-state index contributed by atoms with van der Waals surface area (Å²) >= 11 is 0. The van der Waals surface area contributed by atoms with Gasteiger partial charge in [0.05, 0.1) is 0 Å². The fraction of sp³-hybridized carbons (Fsp3) is 0. The minimum absolute atomic E-state index is 0.820. The van der Waals surface area contributed by atoms with E-state index in [1.165, 1.54) is 54.9 Å². The molecule has 0 aliphatic carbocycles. The van der Waals surface area contributed by atoms with Gasteiger partial charge < -0.3 is 9.64 Å². The maximum absolute atomic E-state index is 7.24. The van der Waals surface area contributed by atoms with Crippen molar-refractivity contribution in [3.63, 3.8) is 0 Å². The normalized spacial score (nSPS) is 11.6. The lowest BCUT2D eigenvalue weighted by molar-refractivity contribution is 0.489. The quantitative estimate of drug-likeness (QED) is 0.159. The summed E-state index contributed by atoms with van der Waals surface area (Å²) in [5.74, 6) is 1.68. The summed E-state index contributed by atoms with van der Waals surface area (Å²) in [5, 5.41) is 4.78. The molecule has 1 aliphatic heterocycles. The summed E-state index contributed by atoms with van der Waals surface area (Å²) in [6.07, 6.45) is 0. The predicted octanol–water partition coefficient (Wildman–Crippen LogP) is 17.6. The Hall–Kier alpha value is -8.46. The van der Waals surface area contributed by atoms with E-state index in [1.807, 2.05) is 0 Å². The summed E-state index contributed by atoms with van der Waals surface area (Å²) in [4.78, 5) is 2.36. The zero-order valence-corrected chi connectivity index (χ0v) is 35.0. The molecule has 11 aromatic carbocycles. The summed E-state index contributed by atoms with van der Waals surface area (Å²) in [7, 11) is 0. The Morgan fingerprint density at radius 3 is 1.23 bits per heavy atom. The maximum atomic E-state index is 7.24. The lowest BCUT2D eigenvalue weighted by Crippen LogP contribution is -2.10. The maximum Gasteiger partial charge on any atom is 0.143 e. The third-order valence-electron chi connectivity index (χ3n) is 12.7. The van der Waals surface area contributed by atoms with Crippen LogP contribution in [0.1, 0.15) is 0 Å². The van der Waals surface area contributed by atoms with Crippen molar-refractivity contribution in [2.75, 3.05) is 4.90 Å². The number of hydrogen-bond donors (Lipinski definition) is 0. The van der Waals surface area contributed by atoms with Crippen molar-refractivity contribution >= 4 is 38.6 Å². The van der Waals surface area contributed by atoms with Gasteiger partial charge in [-0.2, -0.15) is 0 Å². The average molecular weight is 816 g/mol. The van der Waals surface area contributed by atoms with Crippen LogP contribution >= 0.6 is 0 Å². The highest BCUT2D eigenvalue weighted by Crippen LogP contribution is 2.53. The fourth-order valence-electron chi connectivity index (χ4n) is 9.45. The molecule has 2 heteroatoms. The average Bonchev–Trinajstić information content (AvgIpc) is 3.50. The Labute approximate surface area is 373 Å². The topological polar surface area (TPSA) is 12.5 Å². The van der Waals surface area contributed by atoms with E-state index in [2.05, 4.69) is 254 Å². The van der Waals surface area contributed by atoms with Gasteiger partial charge in [0.1, 0.15) is 11.5 Å². The van der Waals surface area contributed by atoms with Crippen molar-refractivity contribution in [3.8, 4) is 78.3 Å². The first-order valence-electron chi connectivity index (χ1n) is 21.9. The number of anilines is 3. The summed E-state index contributed by atoms with van der Waals surface area (Å²) in [6.45, 7) is 0. The molecule has 0 fully saturated rings. The molecule has 64 heavy (non-hydrogen) atoms. The molecule has 12 rings (SSSR count). The van der Waals surface area contributed by atoms with Crippen LogP contribution in [0.4, 0.5) is 17.1 Å². The van der Waals surface area contributed by atoms with Crippen LogP contribution in [0, 0.1) is 0 Å². The second-order valence-corrected chi connectivity index (χ2v) is 16.5. The summed E-state index contributed by atoms with van der Waals surface area (Å²) in [5.41, 5.74) is 16.9. The molecule has 0 spiro atoms. The Kier molecular flexibility index (Phi) is 9.20. The largest absolute Gasteiger partial charge is 0.455 e. The molecule has 1 aliphatic rings. The van der Waals surface area contributed by atoms with Crippen LogP contribution in [0.3, 0.4) is 0 Å². The molecule has 0 atom stereocenters. The highest BCUT2D eigenvalue weighted by molar-refractivity contribution is 6.04. The zero-order chi connectivity index (χ0) is 42.4. The molecule has 0 unspecified atom stereocenters. The van der Waals surface area contributed by atoms with Gasteiger partial charge >= 0.3 is 0 Å². The standard InChI is InChI=1S/C62H41NO/c1-3-13-42(14-4-1)44-25-27-45(28-26-44)47-31-35-52(36-32-47)63(51-33-29-46(30-34-51)43-15-5-2-6-16-43)53-37-38-61-60(41-53)59-40-50-19-8-7-18-49(50)39-58(59)57-24-12-23-56(62(57)64-61)55-22-11-20-48-17-9-10-21-54(48)55/h1-41H. The second-order valence-electron chi connectivity index (χ2n) is 16.5. The van der Waals surface area contributed by atoms with Gasteiger partial charge in [0, 0.05) is 33.8 Å². The summed E-state index contributed by atoms with van der Waals surface area (Å²) < 4.78 is 7.24. The van der Waals surface area contributed by atoms with Gasteiger partial charge in [-0.3, -0.25) is 0 Å². The predicted molar refractivity (Wildman–Crippen MR) is 269 cm³/mol. The van der Waals surface area contributed by atoms with Gasteiger partial charge in [-0.1, -0.05) is 194 Å². The number of fused-ring (bicyclic) bond motifs is 7. The van der Waals surface area contributed by atoms with E-state index in [-0.39, 0.29) is 0 Å². The van der Waals surface area contributed by atoms with Gasteiger partial charge in [-0.25, -0.2) is 0 Å². The molecular formula is C62H41NO. The number of nitrogens with zero attached hydrogens (tertiary/aromatic N) is 1. The Morgan fingerprint density at radius 1 is 0.250 bits per heavy atom. The monoisotopic (exact) mass is 815 g/mol. The van der Waals surface area contributed by atoms with E-state index >= 15 is 0 Å². The van der Waals surface area contributed by atoms with Crippen molar-refractivity contribution < 1.29 is 4.74 Å². The van der Waals surface area contributed by atoms with Crippen molar-refractivity contribution in [3.05, 3.63) is 249 Å². The molecule has 1 heterocycles. The molecule has 0 N–H and O–H groups in total. The van der Waals surface area contributed by atoms with Crippen LogP contribution < -0.4 is 9.64 Å². The third kappa shape index (κ3) is 6.70. The molecule has 0 bridgehead atoms. The highest BCUT2D eigenvalue weighted by Gasteiger charge is 2.26. The molecule has 0 amide bonds. The van der Waals surface area contributed by atoms with Gasteiger partial charge in [0.2, 0.25) is 0 Å². The van der Waals surface area contributed by atoms with E-state index in [9.17, 15) is 0 Å². The first-order chi connectivity index (χ1) is 31.7. The zero-order valence-electron chi connectivity index (χ0n) is 35.0. The minimum Gasteiger partial charge on any atom is -0.455 e. The molecule has 300 valence electrons. The number of benzene rings is 11. The Morgan fingerprint density at radius 2 is 0.656 bits per heavy atom. The molecule has 0 radical (unpaired) electrons. The first-order valence-corrected chi connectivity index (χ1v) is 21.9. The Bertz CT molecular complexity index is 3480. The van der Waals surface area contributed by atoms with E-state index in [1.54, 1.807) is 0 Å². The lowest BCUT2D eigenvalue weighted by Gasteiger charge is -2.27. The van der Waals surface area contributed by atoms with E-state index in [0.717, 1.165) is 61.9 Å². The van der Waals surface area contributed by atoms with Gasteiger partial charge in [-0.05, 0) is 126 Å². The fourth-order valence-corrected chi connectivity index (χ4v) is 9.45. The molecule has 0 saturated carbocycles. The second kappa shape index (κ2) is 15.8. The van der Waals surface area contributed by atoms with E-state index in [0.29, 0.717) is 0 Å². The Balaban J connectivity index is 1.01. The smallest absolute Gasteiger partial charge is 0.143 e. The van der Waals surface area contributed by atoms with Gasteiger partial charge in [-0.15, -0.1) is 0 Å². The van der Waals surface area contributed by atoms with Crippen LogP contribution in [-0.2, 0) is 0 Å². The van der Waals surface area contributed by atoms with E-state index < -0.39 is 0 Å². The van der Waals surface area contributed by atoms with Gasteiger partial charge in [0.25, 0.3) is 0 Å². The van der Waals surface area contributed by atoms with Crippen molar-refractivity contribution in [2.24, 2.45) is 0 Å².